The predicted molar refractivity (Wildman–Crippen MR) is 72.4 cm³/mol. The fraction of sp³-hybridized carbons (Fsp3) is 0.308. The first-order valence-corrected chi connectivity index (χ1v) is 6.59. The molecule has 0 radical (unpaired) electrons. The van der Waals surface area contributed by atoms with Crippen molar-refractivity contribution in [2.24, 2.45) is 0 Å². The number of rotatable bonds is 6. The summed E-state index contributed by atoms with van der Waals surface area (Å²) >= 11 is 3.39. The highest BCUT2D eigenvalue weighted by Gasteiger charge is 2.04. The van der Waals surface area contributed by atoms with Crippen LogP contribution in [0.4, 0.5) is 0 Å². The van der Waals surface area contributed by atoms with E-state index in [4.69, 9.17) is 9.15 Å². The zero-order valence-electron chi connectivity index (χ0n) is 10.1. The van der Waals surface area contributed by atoms with Gasteiger partial charge in [-0.1, -0.05) is 35.0 Å². The Hall–Kier alpha value is -1.33. The Morgan fingerprint density at radius 1 is 1.33 bits per heavy atom. The van der Waals surface area contributed by atoms with Gasteiger partial charge in [-0.2, -0.15) is 4.98 Å². The van der Waals surface area contributed by atoms with E-state index < -0.39 is 0 Å². The molecule has 1 aromatic carbocycles. The van der Waals surface area contributed by atoms with Gasteiger partial charge in [-0.15, -0.1) is 0 Å². The smallest absolute Gasteiger partial charge is 0.394 e. The Balaban J connectivity index is 1.86. The average molecular weight is 311 g/mol. The van der Waals surface area contributed by atoms with Gasteiger partial charge >= 0.3 is 6.08 Å². The van der Waals surface area contributed by atoms with Crippen LogP contribution in [0, 0.1) is 0 Å². The Kier molecular flexibility index (Phi) is 4.78. The predicted octanol–water partition coefficient (Wildman–Crippen LogP) is 3.13. The number of nitrogens with one attached hydrogen (secondary N) is 1. The van der Waals surface area contributed by atoms with E-state index >= 15 is 0 Å². The van der Waals surface area contributed by atoms with E-state index in [1.54, 1.807) is 6.26 Å². The molecule has 0 unspecified atom stereocenters. The van der Waals surface area contributed by atoms with Crippen LogP contribution in [0.25, 0.3) is 0 Å². The number of benzene rings is 1. The number of ether oxygens (including phenoxy) is 1. The molecular formula is C13H15BrN2O2. The standard InChI is InChI=1S/C13H15BrN2O2/c1-2-15-7-12-9-18-13(16-12)17-8-10-3-5-11(14)6-4-10/h3-6,9,15H,2,7-8H2,1H3. The lowest BCUT2D eigenvalue weighted by atomic mass is 10.2. The summed E-state index contributed by atoms with van der Waals surface area (Å²) in [5.74, 6) is 0. The number of aromatic nitrogens is 1. The number of nitrogens with zero attached hydrogens (tertiary/aromatic N) is 1. The zero-order valence-corrected chi connectivity index (χ0v) is 11.7. The summed E-state index contributed by atoms with van der Waals surface area (Å²) in [5, 5.41) is 3.17. The van der Waals surface area contributed by atoms with Gasteiger partial charge in [0.1, 0.15) is 12.9 Å². The Morgan fingerprint density at radius 2 is 2.11 bits per heavy atom. The van der Waals surface area contributed by atoms with Crippen molar-refractivity contribution in [3.63, 3.8) is 0 Å². The second-order valence-electron chi connectivity index (χ2n) is 3.80. The van der Waals surface area contributed by atoms with Crippen LogP contribution in [0.15, 0.2) is 39.4 Å². The molecule has 0 aliphatic heterocycles. The number of hydrogen-bond acceptors (Lipinski definition) is 4. The summed E-state index contributed by atoms with van der Waals surface area (Å²) in [6.07, 6.45) is 1.92. The molecule has 0 spiro atoms. The first-order valence-electron chi connectivity index (χ1n) is 5.80. The molecule has 0 saturated heterocycles. The molecule has 2 rings (SSSR count). The van der Waals surface area contributed by atoms with Crippen molar-refractivity contribution in [1.29, 1.82) is 0 Å². The molecule has 5 heteroatoms. The third-order valence-electron chi connectivity index (χ3n) is 2.36. The first-order chi connectivity index (χ1) is 8.78. The van der Waals surface area contributed by atoms with Gasteiger partial charge < -0.3 is 14.5 Å². The second-order valence-corrected chi connectivity index (χ2v) is 4.72. The highest BCUT2D eigenvalue weighted by atomic mass is 79.9. The molecule has 18 heavy (non-hydrogen) atoms. The normalized spacial score (nSPS) is 10.6. The maximum Gasteiger partial charge on any atom is 0.394 e. The lowest BCUT2D eigenvalue weighted by Gasteiger charge is -2.01. The molecule has 0 aliphatic carbocycles. The van der Waals surface area contributed by atoms with E-state index in [0.29, 0.717) is 19.2 Å². The molecular weight excluding hydrogens is 296 g/mol. The monoisotopic (exact) mass is 310 g/mol. The third-order valence-corrected chi connectivity index (χ3v) is 2.89. The largest absolute Gasteiger partial charge is 0.445 e. The van der Waals surface area contributed by atoms with E-state index in [-0.39, 0.29) is 0 Å². The summed E-state index contributed by atoms with van der Waals surface area (Å²) in [5.41, 5.74) is 1.92. The quantitative estimate of drug-likeness (QED) is 0.890. The maximum absolute atomic E-state index is 5.47. The van der Waals surface area contributed by atoms with E-state index in [2.05, 4.69) is 26.2 Å². The third kappa shape index (κ3) is 3.85. The molecule has 0 saturated carbocycles. The van der Waals surface area contributed by atoms with E-state index in [1.807, 2.05) is 31.2 Å². The molecule has 1 heterocycles. The molecule has 1 aromatic heterocycles. The van der Waals surface area contributed by atoms with Crippen molar-refractivity contribution in [3.8, 4) is 6.08 Å². The Bertz CT molecular complexity index is 482. The number of oxazole rings is 1. The topological polar surface area (TPSA) is 47.3 Å². The molecule has 4 nitrogen and oxygen atoms in total. The van der Waals surface area contributed by atoms with Crippen molar-refractivity contribution in [1.82, 2.24) is 10.3 Å². The fourth-order valence-electron chi connectivity index (χ4n) is 1.41. The van der Waals surface area contributed by atoms with Gasteiger partial charge in [0.15, 0.2) is 0 Å². The van der Waals surface area contributed by atoms with Crippen molar-refractivity contribution in [2.75, 3.05) is 6.54 Å². The van der Waals surface area contributed by atoms with E-state index in [0.717, 1.165) is 22.3 Å². The summed E-state index contributed by atoms with van der Waals surface area (Å²) in [4.78, 5) is 4.22. The van der Waals surface area contributed by atoms with Crippen LogP contribution in [-0.4, -0.2) is 11.5 Å². The van der Waals surface area contributed by atoms with Gasteiger partial charge in [0.2, 0.25) is 0 Å². The number of hydrogen-bond donors (Lipinski definition) is 1. The highest BCUT2D eigenvalue weighted by Crippen LogP contribution is 2.14. The fourth-order valence-corrected chi connectivity index (χ4v) is 1.68. The lowest BCUT2D eigenvalue weighted by Crippen LogP contribution is -2.11. The highest BCUT2D eigenvalue weighted by molar-refractivity contribution is 9.10. The van der Waals surface area contributed by atoms with Gasteiger partial charge in [0, 0.05) is 11.0 Å². The molecule has 2 aromatic rings. The lowest BCUT2D eigenvalue weighted by molar-refractivity contribution is 0.220. The van der Waals surface area contributed by atoms with Gasteiger partial charge in [-0.25, -0.2) is 0 Å². The average Bonchev–Trinajstić information content (AvgIpc) is 2.84. The molecule has 0 fully saturated rings. The Labute approximate surface area is 114 Å². The van der Waals surface area contributed by atoms with Crippen molar-refractivity contribution in [3.05, 3.63) is 46.3 Å². The van der Waals surface area contributed by atoms with Gasteiger partial charge in [0.05, 0.1) is 5.69 Å². The van der Waals surface area contributed by atoms with Crippen molar-refractivity contribution in [2.45, 2.75) is 20.1 Å². The van der Waals surface area contributed by atoms with E-state index in [9.17, 15) is 0 Å². The summed E-state index contributed by atoms with van der Waals surface area (Å²) < 4.78 is 11.7. The van der Waals surface area contributed by atoms with Crippen LogP contribution in [0.2, 0.25) is 0 Å². The van der Waals surface area contributed by atoms with Crippen molar-refractivity contribution < 1.29 is 9.15 Å². The molecule has 1 N–H and O–H groups in total. The number of halogens is 1. The second kappa shape index (κ2) is 6.56. The summed E-state index contributed by atoms with van der Waals surface area (Å²) in [6, 6.07) is 7.94. The van der Waals surface area contributed by atoms with E-state index in [1.165, 1.54) is 0 Å². The zero-order chi connectivity index (χ0) is 12.8. The molecule has 0 bridgehead atoms. The van der Waals surface area contributed by atoms with Crippen molar-refractivity contribution >= 4 is 15.9 Å². The van der Waals surface area contributed by atoms with Crippen LogP contribution in [0.1, 0.15) is 18.2 Å². The van der Waals surface area contributed by atoms with Crippen LogP contribution in [0.5, 0.6) is 6.08 Å². The Morgan fingerprint density at radius 3 is 2.83 bits per heavy atom. The van der Waals surface area contributed by atoms with Gasteiger partial charge in [0.25, 0.3) is 0 Å². The minimum Gasteiger partial charge on any atom is -0.445 e. The molecule has 0 atom stereocenters. The summed E-state index contributed by atoms with van der Waals surface area (Å²) in [7, 11) is 0. The molecule has 96 valence electrons. The van der Waals surface area contributed by atoms with Gasteiger partial charge in [-0.05, 0) is 24.2 Å². The first kappa shape index (κ1) is 13.1. The van der Waals surface area contributed by atoms with Crippen LogP contribution >= 0.6 is 15.9 Å². The SMILES string of the molecule is CCNCc1coc(OCc2ccc(Br)cc2)n1. The van der Waals surface area contributed by atoms with Crippen LogP contribution in [0.3, 0.4) is 0 Å². The van der Waals surface area contributed by atoms with Crippen LogP contribution < -0.4 is 10.1 Å². The molecule has 0 amide bonds. The summed E-state index contributed by atoms with van der Waals surface area (Å²) in [6.45, 7) is 4.10. The van der Waals surface area contributed by atoms with Crippen LogP contribution in [-0.2, 0) is 13.2 Å². The maximum atomic E-state index is 5.47. The molecule has 0 aliphatic rings. The minimum atomic E-state index is 0.311. The minimum absolute atomic E-state index is 0.311. The van der Waals surface area contributed by atoms with Gasteiger partial charge in [-0.3, -0.25) is 0 Å².